The molecule has 2 aromatic rings. The van der Waals surface area contributed by atoms with Gasteiger partial charge in [0.05, 0.1) is 24.9 Å². The maximum Gasteiger partial charge on any atom is 0.193 e. The molecule has 0 saturated heterocycles. The second-order valence-electron chi connectivity index (χ2n) is 6.85. The Hall–Kier alpha value is -2.28. The Kier molecular flexibility index (Phi) is 8.57. The maximum absolute atomic E-state index is 5.51. The van der Waals surface area contributed by atoms with E-state index in [1.54, 1.807) is 25.6 Å². The van der Waals surface area contributed by atoms with E-state index in [0.717, 1.165) is 41.7 Å². The molecule has 2 rings (SSSR count). The molecule has 0 atom stereocenters. The van der Waals surface area contributed by atoms with Crippen molar-refractivity contribution in [2.75, 3.05) is 34.4 Å². The van der Waals surface area contributed by atoms with Crippen LogP contribution in [0.5, 0.6) is 11.5 Å². The average Bonchev–Trinajstić information content (AvgIpc) is 3.16. The molecule has 1 N–H and O–H groups in total. The second kappa shape index (κ2) is 10.9. The van der Waals surface area contributed by atoms with Crippen molar-refractivity contribution in [1.29, 1.82) is 0 Å². The first-order chi connectivity index (χ1) is 13.5. The van der Waals surface area contributed by atoms with Gasteiger partial charge in [-0.15, -0.1) is 11.3 Å². The summed E-state index contributed by atoms with van der Waals surface area (Å²) >= 11 is 1.73. The van der Waals surface area contributed by atoms with Crippen LogP contribution < -0.4 is 14.8 Å². The van der Waals surface area contributed by atoms with Gasteiger partial charge in [-0.05, 0) is 19.1 Å². The fraction of sp³-hybridized carbons (Fsp3) is 0.524. The third-order valence-corrected chi connectivity index (χ3v) is 5.49. The summed E-state index contributed by atoms with van der Waals surface area (Å²) in [6.07, 6.45) is 0.845. The molecular formula is C21H32N4O2S. The lowest BCUT2D eigenvalue weighted by molar-refractivity contribution is 0.382. The van der Waals surface area contributed by atoms with Crippen LogP contribution in [0.3, 0.4) is 0 Å². The van der Waals surface area contributed by atoms with E-state index in [2.05, 4.69) is 36.4 Å². The highest BCUT2D eigenvalue weighted by atomic mass is 32.1. The third-order valence-electron chi connectivity index (χ3n) is 4.29. The summed E-state index contributed by atoms with van der Waals surface area (Å²) < 4.78 is 10.8. The normalized spacial score (nSPS) is 11.6. The van der Waals surface area contributed by atoms with Crippen molar-refractivity contribution < 1.29 is 9.47 Å². The van der Waals surface area contributed by atoms with E-state index >= 15 is 0 Å². The molecule has 1 heterocycles. The molecule has 0 fully saturated rings. The lowest BCUT2D eigenvalue weighted by Crippen LogP contribution is -2.38. The number of aromatic nitrogens is 1. The highest BCUT2D eigenvalue weighted by Gasteiger charge is 2.12. The lowest BCUT2D eigenvalue weighted by atomic mass is 10.2. The Bertz CT molecular complexity index is 774. The number of benzene rings is 1. The summed E-state index contributed by atoms with van der Waals surface area (Å²) in [4.78, 5) is 11.6. The van der Waals surface area contributed by atoms with Crippen LogP contribution in [0.15, 0.2) is 28.6 Å². The molecule has 0 unspecified atom stereocenters. The molecular weight excluding hydrogens is 372 g/mol. The van der Waals surface area contributed by atoms with E-state index < -0.39 is 0 Å². The number of ether oxygens (including phenoxy) is 2. The number of hydrogen-bond donors (Lipinski definition) is 1. The van der Waals surface area contributed by atoms with Crippen molar-refractivity contribution in [3.8, 4) is 11.5 Å². The third kappa shape index (κ3) is 6.12. The first-order valence-corrected chi connectivity index (χ1v) is 10.5. The smallest absolute Gasteiger partial charge is 0.193 e. The number of methoxy groups -OCH3 is 2. The number of nitrogens with zero attached hydrogens (tertiary/aromatic N) is 3. The first-order valence-electron chi connectivity index (χ1n) is 9.63. The van der Waals surface area contributed by atoms with Gasteiger partial charge in [-0.3, -0.25) is 4.99 Å². The number of hydrogen-bond acceptors (Lipinski definition) is 5. The molecule has 0 aliphatic rings. The van der Waals surface area contributed by atoms with E-state index in [0.29, 0.717) is 19.0 Å². The Balaban J connectivity index is 2.04. The van der Waals surface area contributed by atoms with Gasteiger partial charge >= 0.3 is 0 Å². The molecule has 0 spiro atoms. The topological polar surface area (TPSA) is 59.0 Å². The van der Waals surface area contributed by atoms with Crippen LogP contribution >= 0.6 is 11.3 Å². The van der Waals surface area contributed by atoms with Crippen LogP contribution in [0.1, 0.15) is 43.0 Å². The largest absolute Gasteiger partial charge is 0.497 e. The van der Waals surface area contributed by atoms with Gasteiger partial charge in [0.25, 0.3) is 0 Å². The number of thiazole rings is 1. The molecule has 0 saturated carbocycles. The minimum Gasteiger partial charge on any atom is -0.497 e. The maximum atomic E-state index is 5.51. The predicted octanol–water partition coefficient (Wildman–Crippen LogP) is 3.92. The minimum atomic E-state index is 0.477. The summed E-state index contributed by atoms with van der Waals surface area (Å²) in [5, 5.41) is 6.70. The van der Waals surface area contributed by atoms with Crippen LogP contribution in [-0.4, -0.2) is 50.2 Å². The van der Waals surface area contributed by atoms with Gasteiger partial charge in [-0.1, -0.05) is 13.8 Å². The average molecular weight is 405 g/mol. The lowest BCUT2D eigenvalue weighted by Gasteiger charge is -2.23. The standard InChI is InChI=1S/C21H32N4O2S/c1-7-22-21(23-11-10-17-14-28-20(24-17)15(2)3)25(4)13-16-8-9-18(26-5)12-19(16)27-6/h8-9,12,14-15H,7,10-11,13H2,1-6H3,(H,22,23). The molecule has 1 aromatic heterocycles. The Labute approximate surface area is 172 Å². The summed E-state index contributed by atoms with van der Waals surface area (Å²) in [5.41, 5.74) is 2.20. The molecule has 6 nitrogen and oxygen atoms in total. The summed E-state index contributed by atoms with van der Waals surface area (Å²) in [6.45, 7) is 8.63. The fourth-order valence-electron chi connectivity index (χ4n) is 2.76. The van der Waals surface area contributed by atoms with Crippen molar-refractivity contribution in [3.05, 3.63) is 39.8 Å². The SMILES string of the molecule is CCNC(=NCCc1csc(C(C)C)n1)N(C)Cc1ccc(OC)cc1OC. The van der Waals surface area contributed by atoms with Gasteiger partial charge in [0, 0.05) is 56.0 Å². The van der Waals surface area contributed by atoms with Crippen molar-refractivity contribution in [3.63, 3.8) is 0 Å². The Morgan fingerprint density at radius 3 is 2.68 bits per heavy atom. The quantitative estimate of drug-likeness (QED) is 0.507. The summed E-state index contributed by atoms with van der Waals surface area (Å²) in [6, 6.07) is 5.88. The second-order valence-corrected chi connectivity index (χ2v) is 7.74. The van der Waals surface area contributed by atoms with Gasteiger partial charge in [0.15, 0.2) is 5.96 Å². The number of rotatable bonds is 9. The van der Waals surface area contributed by atoms with Crippen molar-refractivity contribution in [2.24, 2.45) is 4.99 Å². The number of nitrogens with one attached hydrogen (secondary N) is 1. The minimum absolute atomic E-state index is 0.477. The zero-order chi connectivity index (χ0) is 20.5. The molecule has 28 heavy (non-hydrogen) atoms. The van der Waals surface area contributed by atoms with E-state index in [9.17, 15) is 0 Å². The molecule has 1 aromatic carbocycles. The van der Waals surface area contributed by atoms with Crippen LogP contribution in [-0.2, 0) is 13.0 Å². The van der Waals surface area contributed by atoms with E-state index in [1.807, 2.05) is 25.2 Å². The molecule has 0 aliphatic carbocycles. The molecule has 7 heteroatoms. The van der Waals surface area contributed by atoms with E-state index in [4.69, 9.17) is 19.5 Å². The van der Waals surface area contributed by atoms with Crippen molar-refractivity contribution in [1.82, 2.24) is 15.2 Å². The molecule has 0 amide bonds. The van der Waals surface area contributed by atoms with Crippen molar-refractivity contribution in [2.45, 2.75) is 39.7 Å². The highest BCUT2D eigenvalue weighted by Crippen LogP contribution is 2.25. The van der Waals surface area contributed by atoms with E-state index in [1.165, 1.54) is 5.01 Å². The highest BCUT2D eigenvalue weighted by molar-refractivity contribution is 7.09. The van der Waals surface area contributed by atoms with Crippen LogP contribution in [0.4, 0.5) is 0 Å². The zero-order valence-corrected chi connectivity index (χ0v) is 18.6. The van der Waals surface area contributed by atoms with Gasteiger partial charge < -0.3 is 19.7 Å². The number of aliphatic imine (C=N–C) groups is 1. The summed E-state index contributed by atoms with van der Waals surface area (Å²) in [5.74, 6) is 2.95. The Morgan fingerprint density at radius 1 is 1.29 bits per heavy atom. The monoisotopic (exact) mass is 404 g/mol. The first kappa shape index (κ1) is 22.0. The molecule has 0 radical (unpaired) electrons. The van der Waals surface area contributed by atoms with Crippen molar-refractivity contribution >= 4 is 17.3 Å². The zero-order valence-electron chi connectivity index (χ0n) is 17.8. The molecule has 0 bridgehead atoms. The van der Waals surface area contributed by atoms with Gasteiger partial charge in [0.2, 0.25) is 0 Å². The predicted molar refractivity (Wildman–Crippen MR) is 117 cm³/mol. The van der Waals surface area contributed by atoms with Crippen LogP contribution in [0.2, 0.25) is 0 Å². The number of guanidine groups is 1. The Morgan fingerprint density at radius 2 is 2.07 bits per heavy atom. The van der Waals surface area contributed by atoms with Gasteiger partial charge in [-0.2, -0.15) is 0 Å². The van der Waals surface area contributed by atoms with Crippen LogP contribution in [0, 0.1) is 0 Å². The van der Waals surface area contributed by atoms with E-state index in [-0.39, 0.29) is 0 Å². The van der Waals surface area contributed by atoms with Gasteiger partial charge in [-0.25, -0.2) is 4.98 Å². The molecule has 154 valence electrons. The molecule has 0 aliphatic heterocycles. The fourth-order valence-corrected chi connectivity index (χ4v) is 3.63. The van der Waals surface area contributed by atoms with Gasteiger partial charge in [0.1, 0.15) is 11.5 Å². The summed E-state index contributed by atoms with van der Waals surface area (Å²) in [7, 11) is 5.37. The van der Waals surface area contributed by atoms with Crippen LogP contribution in [0.25, 0.3) is 0 Å².